The zero-order valence-corrected chi connectivity index (χ0v) is 10.7. The molecular weight excluding hydrogens is 254 g/mol. The second-order valence-corrected chi connectivity index (χ2v) is 4.63. The maximum atomic E-state index is 12.1. The molecule has 1 heterocycles. The molecule has 0 atom stereocenters. The van der Waals surface area contributed by atoms with E-state index in [0.717, 1.165) is 5.69 Å². The van der Waals surface area contributed by atoms with Crippen LogP contribution >= 0.6 is 0 Å². The van der Waals surface area contributed by atoms with Gasteiger partial charge in [-0.3, -0.25) is 14.6 Å². The Morgan fingerprint density at radius 2 is 1.90 bits per heavy atom. The van der Waals surface area contributed by atoms with Crippen molar-refractivity contribution in [3.05, 3.63) is 53.6 Å². The van der Waals surface area contributed by atoms with Gasteiger partial charge in [0.1, 0.15) is 5.92 Å². The fraction of sp³-hybridized carbons (Fsp3) is 0.200. The molecule has 1 N–H and O–H groups in total. The van der Waals surface area contributed by atoms with Crippen molar-refractivity contribution in [1.29, 1.82) is 0 Å². The van der Waals surface area contributed by atoms with Crippen molar-refractivity contribution in [3.8, 4) is 0 Å². The Kier molecular flexibility index (Phi) is 3.25. The summed E-state index contributed by atoms with van der Waals surface area (Å²) in [5.74, 6) is -1.07. The monoisotopic (exact) mass is 267 g/mol. The minimum Gasteiger partial charge on any atom is -0.348 e. The average molecular weight is 267 g/mol. The third kappa shape index (κ3) is 2.18. The highest BCUT2D eigenvalue weighted by Crippen LogP contribution is 2.25. The van der Waals surface area contributed by atoms with E-state index in [2.05, 4.69) is 15.0 Å². The van der Waals surface area contributed by atoms with Crippen LogP contribution in [-0.4, -0.2) is 34.3 Å². The van der Waals surface area contributed by atoms with Crippen molar-refractivity contribution in [2.45, 2.75) is 6.42 Å². The highest BCUT2D eigenvalue weighted by molar-refractivity contribution is 6.33. The molecule has 3 rings (SSSR count). The minimum absolute atomic E-state index is 0.157. The summed E-state index contributed by atoms with van der Waals surface area (Å²) in [6.07, 6.45) is 5.52. The Balaban J connectivity index is 1.67. The molecule has 0 saturated heterocycles. The van der Waals surface area contributed by atoms with Crippen LogP contribution in [0.15, 0.2) is 41.8 Å². The van der Waals surface area contributed by atoms with Crippen molar-refractivity contribution in [1.82, 2.24) is 9.97 Å². The van der Waals surface area contributed by atoms with Crippen LogP contribution in [0.3, 0.4) is 0 Å². The van der Waals surface area contributed by atoms with Gasteiger partial charge in [0.25, 0.3) is 0 Å². The molecule has 1 aliphatic carbocycles. The van der Waals surface area contributed by atoms with E-state index in [-0.39, 0.29) is 11.6 Å². The van der Waals surface area contributed by atoms with Gasteiger partial charge in [-0.05, 0) is 0 Å². The number of carbonyl (C=O) groups is 2. The van der Waals surface area contributed by atoms with Crippen LogP contribution in [0.5, 0.6) is 0 Å². The molecule has 0 saturated carbocycles. The molecule has 0 bridgehead atoms. The van der Waals surface area contributed by atoms with Crippen LogP contribution in [-0.2, 0) is 6.42 Å². The summed E-state index contributed by atoms with van der Waals surface area (Å²) in [4.78, 5) is 35.3. The van der Waals surface area contributed by atoms with Gasteiger partial charge >= 0.3 is 0 Å². The SMILES string of the molecule is O=C1c2ccccc2C(=O)C1C=NCCc1cnc[nH]1. The van der Waals surface area contributed by atoms with Crippen LogP contribution in [0, 0.1) is 5.92 Å². The second kappa shape index (κ2) is 5.21. The van der Waals surface area contributed by atoms with Crippen molar-refractivity contribution < 1.29 is 9.59 Å². The van der Waals surface area contributed by atoms with Crippen LogP contribution in [0.1, 0.15) is 26.4 Å². The number of H-pyrrole nitrogens is 1. The largest absolute Gasteiger partial charge is 0.348 e. The van der Waals surface area contributed by atoms with E-state index in [9.17, 15) is 9.59 Å². The smallest absolute Gasteiger partial charge is 0.179 e. The first-order chi connectivity index (χ1) is 9.77. The Morgan fingerprint density at radius 1 is 1.20 bits per heavy atom. The summed E-state index contributed by atoms with van der Waals surface area (Å²) < 4.78 is 0. The van der Waals surface area contributed by atoms with E-state index < -0.39 is 5.92 Å². The first-order valence-electron chi connectivity index (χ1n) is 6.42. The lowest BCUT2D eigenvalue weighted by Gasteiger charge is -1.98. The number of nitrogens with one attached hydrogen (secondary N) is 1. The predicted molar refractivity (Wildman–Crippen MR) is 74.2 cm³/mol. The van der Waals surface area contributed by atoms with Crippen LogP contribution in [0.25, 0.3) is 0 Å². The molecule has 2 aromatic rings. The highest BCUT2D eigenvalue weighted by atomic mass is 16.2. The van der Waals surface area contributed by atoms with Crippen LogP contribution < -0.4 is 0 Å². The molecular formula is C15H13N3O2. The van der Waals surface area contributed by atoms with Gasteiger partial charge in [0.2, 0.25) is 0 Å². The van der Waals surface area contributed by atoms with Crippen molar-refractivity contribution >= 4 is 17.8 Å². The Morgan fingerprint density at radius 3 is 2.50 bits per heavy atom. The van der Waals surface area contributed by atoms with Gasteiger partial charge in [-0.25, -0.2) is 4.98 Å². The Labute approximate surface area is 115 Å². The maximum absolute atomic E-state index is 12.1. The van der Waals surface area contributed by atoms with E-state index in [1.165, 1.54) is 6.21 Å². The maximum Gasteiger partial charge on any atom is 0.179 e. The van der Waals surface area contributed by atoms with Crippen molar-refractivity contribution in [2.75, 3.05) is 6.54 Å². The van der Waals surface area contributed by atoms with E-state index in [0.29, 0.717) is 24.1 Å². The lowest BCUT2D eigenvalue weighted by molar-refractivity contribution is 0.0886. The number of aliphatic imine (C=N–C) groups is 1. The second-order valence-electron chi connectivity index (χ2n) is 4.63. The molecule has 1 aromatic heterocycles. The quantitative estimate of drug-likeness (QED) is 0.677. The normalized spacial score (nSPS) is 15.2. The molecule has 5 nitrogen and oxygen atoms in total. The number of hydrogen-bond donors (Lipinski definition) is 1. The van der Waals surface area contributed by atoms with Gasteiger partial charge in [-0.1, -0.05) is 24.3 Å². The van der Waals surface area contributed by atoms with Crippen molar-refractivity contribution in [2.24, 2.45) is 10.9 Å². The molecule has 0 amide bonds. The molecule has 0 spiro atoms. The predicted octanol–water partition coefficient (Wildman–Crippen LogP) is 1.72. The number of aromatic amines is 1. The topological polar surface area (TPSA) is 75.2 Å². The van der Waals surface area contributed by atoms with E-state index in [4.69, 9.17) is 0 Å². The van der Waals surface area contributed by atoms with Crippen LogP contribution in [0.4, 0.5) is 0 Å². The lowest BCUT2D eigenvalue weighted by atomic mass is 10.1. The number of carbonyl (C=O) groups excluding carboxylic acids is 2. The summed E-state index contributed by atoms with van der Waals surface area (Å²) in [7, 11) is 0. The number of imidazole rings is 1. The third-order valence-electron chi connectivity index (χ3n) is 3.34. The fourth-order valence-electron chi connectivity index (χ4n) is 2.29. The summed E-state index contributed by atoms with van der Waals surface area (Å²) in [5.41, 5.74) is 1.99. The third-order valence-corrected chi connectivity index (χ3v) is 3.34. The molecule has 0 fully saturated rings. The van der Waals surface area contributed by atoms with E-state index in [1.54, 1.807) is 36.8 Å². The first-order valence-corrected chi connectivity index (χ1v) is 6.42. The zero-order valence-electron chi connectivity index (χ0n) is 10.7. The summed E-state index contributed by atoms with van der Waals surface area (Å²) in [5, 5.41) is 0. The Bertz CT molecular complexity index is 639. The number of benzene rings is 1. The first kappa shape index (κ1) is 12.5. The van der Waals surface area contributed by atoms with E-state index >= 15 is 0 Å². The average Bonchev–Trinajstić information content (AvgIpc) is 3.06. The number of Topliss-reactive ketones (excluding diaryl/α,β-unsaturated/α-hetero) is 2. The van der Waals surface area contributed by atoms with Gasteiger partial charge in [0.15, 0.2) is 11.6 Å². The molecule has 0 unspecified atom stereocenters. The summed E-state index contributed by atoms with van der Waals surface area (Å²) in [6, 6.07) is 6.91. The van der Waals surface area contributed by atoms with Crippen LogP contribution in [0.2, 0.25) is 0 Å². The molecule has 5 heteroatoms. The number of nitrogens with zero attached hydrogens (tertiary/aromatic N) is 2. The number of aromatic nitrogens is 2. The lowest BCUT2D eigenvalue weighted by Crippen LogP contribution is -2.16. The number of rotatable bonds is 4. The van der Waals surface area contributed by atoms with Gasteiger partial charge in [-0.15, -0.1) is 0 Å². The number of hydrogen-bond acceptors (Lipinski definition) is 4. The fourth-order valence-corrected chi connectivity index (χ4v) is 2.29. The van der Waals surface area contributed by atoms with Gasteiger partial charge in [-0.2, -0.15) is 0 Å². The zero-order chi connectivity index (χ0) is 13.9. The molecule has 1 aliphatic rings. The van der Waals surface area contributed by atoms with Crippen molar-refractivity contribution in [3.63, 3.8) is 0 Å². The summed E-state index contributed by atoms with van der Waals surface area (Å²) >= 11 is 0. The van der Waals surface area contributed by atoms with E-state index in [1.807, 2.05) is 0 Å². The summed E-state index contributed by atoms with van der Waals surface area (Å²) in [6.45, 7) is 0.523. The standard InChI is InChI=1S/C15H13N3O2/c19-14-11-3-1-2-4-12(11)15(20)13(14)8-16-6-5-10-7-17-9-18-10/h1-4,7-9,13H,5-6H2,(H,17,18). The molecule has 0 radical (unpaired) electrons. The molecule has 100 valence electrons. The molecule has 20 heavy (non-hydrogen) atoms. The van der Waals surface area contributed by atoms with Gasteiger partial charge in [0, 0.05) is 42.2 Å². The molecule has 0 aliphatic heterocycles. The highest BCUT2D eigenvalue weighted by Gasteiger charge is 2.36. The van der Waals surface area contributed by atoms with Gasteiger partial charge in [0.05, 0.1) is 6.33 Å². The minimum atomic E-state index is -0.755. The van der Waals surface area contributed by atoms with Gasteiger partial charge < -0.3 is 4.98 Å². The molecule has 1 aromatic carbocycles. The number of ketones is 2. The number of fused-ring (bicyclic) bond motifs is 1. The Hall–Kier alpha value is -2.56.